The van der Waals surface area contributed by atoms with Gasteiger partial charge in [0.1, 0.15) is 0 Å². The van der Waals surface area contributed by atoms with Gasteiger partial charge in [0.2, 0.25) is 0 Å². The highest BCUT2D eigenvalue weighted by Gasteiger charge is 2.23. The van der Waals surface area contributed by atoms with Crippen molar-refractivity contribution in [2.24, 2.45) is 5.41 Å². The van der Waals surface area contributed by atoms with E-state index >= 15 is 0 Å². The third-order valence-electron chi connectivity index (χ3n) is 1.48. The summed E-state index contributed by atoms with van der Waals surface area (Å²) in [5.74, 6) is 1.08. The summed E-state index contributed by atoms with van der Waals surface area (Å²) in [5.41, 5.74) is 0.170. The molecule has 0 radical (unpaired) electrons. The lowest BCUT2D eigenvalue weighted by atomic mass is 9.96. The molecule has 3 heteroatoms. The molecular weight excluding hydrogens is 160 g/mol. The Kier molecular flexibility index (Phi) is 6.01. The second-order valence-electron chi connectivity index (χ2n) is 3.11. The molecule has 0 N–H and O–H groups in total. The van der Waals surface area contributed by atoms with Crippen LogP contribution in [0.5, 0.6) is 0 Å². The van der Waals surface area contributed by atoms with E-state index in [0.29, 0.717) is 0 Å². The van der Waals surface area contributed by atoms with E-state index in [1.807, 2.05) is 11.8 Å². The van der Waals surface area contributed by atoms with Crippen molar-refractivity contribution >= 4 is 11.8 Å². The fourth-order valence-corrected chi connectivity index (χ4v) is 2.03. The number of ether oxygens (including phenoxy) is 2. The lowest BCUT2D eigenvalue weighted by molar-refractivity contribution is 0.0372. The Hall–Kier alpha value is 0.270. The molecule has 0 heterocycles. The smallest absolute Gasteiger partial charge is 0.0546 e. The minimum Gasteiger partial charge on any atom is -0.384 e. The van der Waals surface area contributed by atoms with Crippen molar-refractivity contribution in [2.75, 3.05) is 39.4 Å². The first-order chi connectivity index (χ1) is 5.18. The van der Waals surface area contributed by atoms with E-state index in [4.69, 9.17) is 9.47 Å². The van der Waals surface area contributed by atoms with E-state index in [1.54, 1.807) is 14.2 Å². The first-order valence-corrected chi connectivity index (χ1v) is 5.05. The van der Waals surface area contributed by atoms with E-state index in [9.17, 15) is 0 Å². The van der Waals surface area contributed by atoms with Crippen molar-refractivity contribution < 1.29 is 9.47 Å². The van der Waals surface area contributed by atoms with Gasteiger partial charge < -0.3 is 9.47 Å². The molecule has 0 saturated carbocycles. The second-order valence-corrected chi connectivity index (χ2v) is 3.98. The number of methoxy groups -OCH3 is 2. The number of hydrogen-bond acceptors (Lipinski definition) is 3. The highest BCUT2D eigenvalue weighted by atomic mass is 32.2. The number of hydrogen-bond donors (Lipinski definition) is 0. The lowest BCUT2D eigenvalue weighted by Crippen LogP contribution is -2.30. The van der Waals surface area contributed by atoms with Gasteiger partial charge in [-0.2, -0.15) is 11.8 Å². The Bertz CT molecular complexity index is 79.1. The van der Waals surface area contributed by atoms with Crippen LogP contribution < -0.4 is 0 Å². The van der Waals surface area contributed by atoms with Crippen molar-refractivity contribution in [3.8, 4) is 0 Å². The lowest BCUT2D eigenvalue weighted by Gasteiger charge is -2.26. The summed E-state index contributed by atoms with van der Waals surface area (Å²) >= 11 is 1.83. The molecule has 0 aliphatic carbocycles. The van der Waals surface area contributed by atoms with E-state index in [-0.39, 0.29) is 5.41 Å². The van der Waals surface area contributed by atoms with Crippen molar-refractivity contribution in [3.63, 3.8) is 0 Å². The van der Waals surface area contributed by atoms with Gasteiger partial charge in [-0.3, -0.25) is 0 Å². The monoisotopic (exact) mass is 178 g/mol. The molecule has 0 atom stereocenters. The topological polar surface area (TPSA) is 18.5 Å². The van der Waals surface area contributed by atoms with E-state index < -0.39 is 0 Å². The zero-order chi connectivity index (χ0) is 8.74. The molecule has 0 spiro atoms. The summed E-state index contributed by atoms with van der Waals surface area (Å²) in [5, 5.41) is 0. The van der Waals surface area contributed by atoms with Crippen molar-refractivity contribution in [2.45, 2.75) is 6.92 Å². The predicted octanol–water partition coefficient (Wildman–Crippen LogP) is 1.65. The van der Waals surface area contributed by atoms with Gasteiger partial charge in [-0.1, -0.05) is 6.92 Å². The Morgan fingerprint density at radius 2 is 1.64 bits per heavy atom. The van der Waals surface area contributed by atoms with E-state index in [0.717, 1.165) is 19.0 Å². The van der Waals surface area contributed by atoms with Crippen molar-refractivity contribution in [1.82, 2.24) is 0 Å². The SMILES string of the molecule is COCC(C)(COC)CSC. The maximum atomic E-state index is 5.12. The van der Waals surface area contributed by atoms with Crippen molar-refractivity contribution in [1.29, 1.82) is 0 Å². The Morgan fingerprint density at radius 1 is 1.18 bits per heavy atom. The molecule has 0 bridgehead atoms. The standard InChI is InChI=1S/C8H18O2S/c1-8(5-9-2,6-10-3)7-11-4/h5-7H2,1-4H3. The summed E-state index contributed by atoms with van der Waals surface area (Å²) in [4.78, 5) is 0. The Morgan fingerprint density at radius 3 is 1.91 bits per heavy atom. The molecule has 0 aliphatic heterocycles. The Labute approximate surface area is 73.6 Å². The van der Waals surface area contributed by atoms with Gasteiger partial charge in [0, 0.05) is 25.4 Å². The molecule has 0 aromatic heterocycles. The fourth-order valence-electron chi connectivity index (χ4n) is 1.17. The van der Waals surface area contributed by atoms with Crippen molar-refractivity contribution in [3.05, 3.63) is 0 Å². The van der Waals surface area contributed by atoms with Crippen LogP contribution in [-0.4, -0.2) is 39.4 Å². The zero-order valence-corrected chi connectivity index (χ0v) is 8.66. The van der Waals surface area contributed by atoms with Crippen LogP contribution in [0.25, 0.3) is 0 Å². The quantitative estimate of drug-likeness (QED) is 0.616. The van der Waals surface area contributed by atoms with Gasteiger partial charge in [0.05, 0.1) is 13.2 Å². The molecule has 68 valence electrons. The largest absolute Gasteiger partial charge is 0.384 e. The maximum Gasteiger partial charge on any atom is 0.0546 e. The summed E-state index contributed by atoms with van der Waals surface area (Å²) in [6.45, 7) is 3.71. The molecule has 0 saturated heterocycles. The minimum absolute atomic E-state index is 0.170. The van der Waals surface area contributed by atoms with Crippen LogP contribution in [0.15, 0.2) is 0 Å². The summed E-state index contributed by atoms with van der Waals surface area (Å²) in [6, 6.07) is 0. The maximum absolute atomic E-state index is 5.12. The van der Waals surface area contributed by atoms with E-state index in [1.165, 1.54) is 0 Å². The van der Waals surface area contributed by atoms with Gasteiger partial charge in [0.15, 0.2) is 0 Å². The van der Waals surface area contributed by atoms with Crippen LogP contribution in [0.4, 0.5) is 0 Å². The molecule has 0 aromatic rings. The minimum atomic E-state index is 0.170. The van der Waals surface area contributed by atoms with Crippen LogP contribution in [0.1, 0.15) is 6.92 Å². The van der Waals surface area contributed by atoms with Crippen LogP contribution in [0.2, 0.25) is 0 Å². The van der Waals surface area contributed by atoms with Crippen LogP contribution in [0, 0.1) is 5.41 Å². The van der Waals surface area contributed by atoms with Crippen LogP contribution >= 0.6 is 11.8 Å². The average molecular weight is 178 g/mol. The fraction of sp³-hybridized carbons (Fsp3) is 1.00. The van der Waals surface area contributed by atoms with Gasteiger partial charge in [-0.25, -0.2) is 0 Å². The van der Waals surface area contributed by atoms with Gasteiger partial charge >= 0.3 is 0 Å². The molecule has 2 nitrogen and oxygen atoms in total. The normalized spacial score (nSPS) is 12.0. The number of rotatable bonds is 6. The van der Waals surface area contributed by atoms with Crippen LogP contribution in [-0.2, 0) is 9.47 Å². The summed E-state index contributed by atoms with van der Waals surface area (Å²) in [6.07, 6.45) is 2.10. The Balaban J connectivity index is 3.79. The first kappa shape index (κ1) is 11.3. The highest BCUT2D eigenvalue weighted by molar-refractivity contribution is 7.98. The average Bonchev–Trinajstić information content (AvgIpc) is 1.88. The van der Waals surface area contributed by atoms with E-state index in [2.05, 4.69) is 13.2 Å². The third-order valence-corrected chi connectivity index (χ3v) is 2.46. The molecular formula is C8H18O2S. The van der Waals surface area contributed by atoms with Gasteiger partial charge in [0.25, 0.3) is 0 Å². The molecule has 0 aromatic carbocycles. The molecule has 0 fully saturated rings. The molecule has 0 unspecified atom stereocenters. The third kappa shape index (κ3) is 4.67. The summed E-state index contributed by atoms with van der Waals surface area (Å²) in [7, 11) is 3.46. The molecule has 11 heavy (non-hydrogen) atoms. The van der Waals surface area contributed by atoms with Gasteiger partial charge in [-0.05, 0) is 6.26 Å². The van der Waals surface area contributed by atoms with Gasteiger partial charge in [-0.15, -0.1) is 0 Å². The molecule has 0 amide bonds. The number of thioether (sulfide) groups is 1. The first-order valence-electron chi connectivity index (χ1n) is 3.65. The second kappa shape index (κ2) is 5.86. The molecule has 0 rings (SSSR count). The molecule has 0 aliphatic rings. The zero-order valence-electron chi connectivity index (χ0n) is 7.85. The summed E-state index contributed by atoms with van der Waals surface area (Å²) < 4.78 is 10.2. The van der Waals surface area contributed by atoms with Crippen LogP contribution in [0.3, 0.4) is 0 Å². The highest BCUT2D eigenvalue weighted by Crippen LogP contribution is 2.21. The predicted molar refractivity (Wildman–Crippen MR) is 50.2 cm³/mol.